The van der Waals surface area contributed by atoms with Crippen molar-refractivity contribution >= 4 is 17.3 Å². The van der Waals surface area contributed by atoms with Gasteiger partial charge in [0.15, 0.2) is 5.82 Å². The second kappa shape index (κ2) is 5.60. The zero-order valence-corrected chi connectivity index (χ0v) is 11.7. The van der Waals surface area contributed by atoms with E-state index in [0.717, 1.165) is 0 Å². The molecular formula is C13H17N5O2. The fourth-order valence-electron chi connectivity index (χ4n) is 1.72. The molecule has 3 N–H and O–H groups in total. The molecule has 2 aromatic rings. The highest BCUT2D eigenvalue weighted by Gasteiger charge is 2.14. The fourth-order valence-corrected chi connectivity index (χ4v) is 1.72. The van der Waals surface area contributed by atoms with Crippen molar-refractivity contribution in [2.24, 2.45) is 0 Å². The molecule has 0 unspecified atom stereocenters. The summed E-state index contributed by atoms with van der Waals surface area (Å²) in [4.78, 5) is 17.7. The summed E-state index contributed by atoms with van der Waals surface area (Å²) in [5.41, 5.74) is 7.51. The third-order valence-corrected chi connectivity index (χ3v) is 2.68. The van der Waals surface area contributed by atoms with Gasteiger partial charge in [-0.3, -0.25) is 4.79 Å². The summed E-state index contributed by atoms with van der Waals surface area (Å²) in [6, 6.07) is 5.10. The zero-order valence-electron chi connectivity index (χ0n) is 11.7. The normalized spacial score (nSPS) is 10.3. The Balaban J connectivity index is 2.21. The van der Waals surface area contributed by atoms with Gasteiger partial charge in [0.2, 0.25) is 5.89 Å². The lowest BCUT2D eigenvalue weighted by molar-refractivity contribution is 0.0828. The van der Waals surface area contributed by atoms with E-state index >= 15 is 0 Å². The van der Waals surface area contributed by atoms with E-state index in [2.05, 4.69) is 15.5 Å². The van der Waals surface area contributed by atoms with E-state index < -0.39 is 0 Å². The number of nitrogens with two attached hydrogens (primary N) is 1. The molecule has 0 aliphatic heterocycles. The lowest BCUT2D eigenvalue weighted by Gasteiger charge is -2.15. The molecule has 1 heterocycles. The quantitative estimate of drug-likeness (QED) is 0.816. The Morgan fingerprint density at radius 3 is 2.80 bits per heavy atom. The van der Waals surface area contributed by atoms with E-state index in [1.807, 2.05) is 0 Å². The first-order valence-corrected chi connectivity index (χ1v) is 6.11. The van der Waals surface area contributed by atoms with Crippen molar-refractivity contribution in [3.8, 4) is 0 Å². The average molecular weight is 275 g/mol. The number of rotatable bonds is 4. The number of anilines is 2. The number of aryl methyl sites for hydroxylation is 1. The van der Waals surface area contributed by atoms with Crippen LogP contribution in [-0.2, 0) is 6.54 Å². The number of nitrogen functional groups attached to an aromatic ring is 1. The van der Waals surface area contributed by atoms with Gasteiger partial charge >= 0.3 is 0 Å². The maximum absolute atomic E-state index is 12.1. The number of nitrogens with zero attached hydrogens (tertiary/aromatic N) is 3. The minimum atomic E-state index is -0.103. The fraction of sp³-hybridized carbons (Fsp3) is 0.308. The molecule has 7 nitrogen and oxygen atoms in total. The van der Waals surface area contributed by atoms with E-state index in [1.54, 1.807) is 39.2 Å². The van der Waals surface area contributed by atoms with Crippen LogP contribution in [0.15, 0.2) is 22.7 Å². The van der Waals surface area contributed by atoms with Crippen LogP contribution in [0.5, 0.6) is 0 Å². The first kappa shape index (κ1) is 13.9. The first-order chi connectivity index (χ1) is 9.47. The Hall–Kier alpha value is -2.57. The molecule has 2 rings (SSSR count). The van der Waals surface area contributed by atoms with Crippen molar-refractivity contribution in [1.82, 2.24) is 15.0 Å². The van der Waals surface area contributed by atoms with Gasteiger partial charge in [0, 0.05) is 25.5 Å². The summed E-state index contributed by atoms with van der Waals surface area (Å²) < 4.78 is 5.01. The highest BCUT2D eigenvalue weighted by atomic mass is 16.5. The van der Waals surface area contributed by atoms with Gasteiger partial charge in [-0.2, -0.15) is 4.98 Å². The molecule has 0 fully saturated rings. The van der Waals surface area contributed by atoms with Crippen LogP contribution in [0.25, 0.3) is 0 Å². The van der Waals surface area contributed by atoms with Crippen LogP contribution in [-0.4, -0.2) is 35.0 Å². The molecule has 0 aliphatic rings. The summed E-state index contributed by atoms with van der Waals surface area (Å²) in [6.07, 6.45) is 0. The second-order valence-corrected chi connectivity index (χ2v) is 4.59. The summed E-state index contributed by atoms with van der Waals surface area (Å²) in [7, 11) is 3.40. The smallest absolute Gasteiger partial charge is 0.255 e. The Kier molecular flexibility index (Phi) is 3.88. The predicted molar refractivity (Wildman–Crippen MR) is 75.2 cm³/mol. The highest BCUT2D eigenvalue weighted by molar-refractivity contribution is 5.99. The molecule has 0 saturated heterocycles. The van der Waals surface area contributed by atoms with Crippen LogP contribution in [0.2, 0.25) is 0 Å². The van der Waals surface area contributed by atoms with Crippen molar-refractivity contribution in [3.63, 3.8) is 0 Å². The summed E-state index contributed by atoms with van der Waals surface area (Å²) in [5.74, 6) is 0.918. The molecule has 0 atom stereocenters. The maximum atomic E-state index is 12.1. The van der Waals surface area contributed by atoms with Crippen molar-refractivity contribution in [3.05, 3.63) is 35.5 Å². The molecule has 1 aromatic carbocycles. The van der Waals surface area contributed by atoms with Crippen LogP contribution in [0.4, 0.5) is 11.4 Å². The number of aromatic nitrogens is 2. The summed E-state index contributed by atoms with van der Waals surface area (Å²) in [6.45, 7) is 2.08. The Morgan fingerprint density at radius 1 is 1.45 bits per heavy atom. The Bertz CT molecular complexity index is 621. The molecule has 0 radical (unpaired) electrons. The third kappa shape index (κ3) is 3.05. The van der Waals surface area contributed by atoms with Gasteiger partial charge in [0.25, 0.3) is 5.91 Å². The number of carbonyl (C=O) groups is 1. The van der Waals surface area contributed by atoms with E-state index in [1.165, 1.54) is 4.90 Å². The van der Waals surface area contributed by atoms with Crippen molar-refractivity contribution in [1.29, 1.82) is 0 Å². The van der Waals surface area contributed by atoms with Crippen molar-refractivity contribution in [2.45, 2.75) is 13.5 Å². The third-order valence-electron chi connectivity index (χ3n) is 2.68. The van der Waals surface area contributed by atoms with Gasteiger partial charge in [-0.15, -0.1) is 0 Å². The summed E-state index contributed by atoms with van der Waals surface area (Å²) >= 11 is 0. The van der Waals surface area contributed by atoms with Crippen LogP contribution >= 0.6 is 0 Å². The van der Waals surface area contributed by atoms with Crippen LogP contribution < -0.4 is 11.1 Å². The molecule has 0 spiro atoms. The number of benzene rings is 1. The largest absolute Gasteiger partial charge is 0.399 e. The van der Waals surface area contributed by atoms with Gasteiger partial charge in [-0.05, 0) is 25.1 Å². The van der Waals surface area contributed by atoms with E-state index in [4.69, 9.17) is 10.3 Å². The Morgan fingerprint density at radius 2 is 2.20 bits per heavy atom. The minimum Gasteiger partial charge on any atom is -0.399 e. The van der Waals surface area contributed by atoms with Gasteiger partial charge < -0.3 is 20.5 Å². The SMILES string of the molecule is Cc1noc(CNc2cc(N)ccc2C(=O)N(C)C)n1. The van der Waals surface area contributed by atoms with Crippen molar-refractivity contribution in [2.75, 3.05) is 25.1 Å². The zero-order chi connectivity index (χ0) is 14.7. The molecule has 1 aromatic heterocycles. The van der Waals surface area contributed by atoms with E-state index in [0.29, 0.717) is 35.2 Å². The minimum absolute atomic E-state index is 0.103. The van der Waals surface area contributed by atoms with Gasteiger partial charge in [-0.25, -0.2) is 0 Å². The van der Waals surface area contributed by atoms with Gasteiger partial charge in [-0.1, -0.05) is 5.16 Å². The monoisotopic (exact) mass is 275 g/mol. The predicted octanol–water partition coefficient (Wildman–Crippen LogP) is 1.27. The molecule has 0 aliphatic carbocycles. The van der Waals surface area contributed by atoms with Gasteiger partial charge in [0.05, 0.1) is 12.1 Å². The van der Waals surface area contributed by atoms with Gasteiger partial charge in [0.1, 0.15) is 0 Å². The molecule has 106 valence electrons. The second-order valence-electron chi connectivity index (χ2n) is 4.59. The molecule has 7 heteroatoms. The molecule has 0 bridgehead atoms. The standard InChI is InChI=1S/C13H17N5O2/c1-8-16-12(20-17-8)7-15-11-6-9(14)4-5-10(11)13(19)18(2)3/h4-6,15H,7,14H2,1-3H3. The number of amides is 1. The van der Waals surface area contributed by atoms with Crippen molar-refractivity contribution < 1.29 is 9.32 Å². The first-order valence-electron chi connectivity index (χ1n) is 6.11. The Labute approximate surface area is 116 Å². The number of hydrogen-bond acceptors (Lipinski definition) is 6. The number of hydrogen-bond donors (Lipinski definition) is 2. The molecule has 20 heavy (non-hydrogen) atoms. The molecule has 1 amide bonds. The van der Waals surface area contributed by atoms with E-state index in [-0.39, 0.29) is 5.91 Å². The van der Waals surface area contributed by atoms with Crippen LogP contribution in [0.1, 0.15) is 22.1 Å². The van der Waals surface area contributed by atoms with Crippen LogP contribution in [0, 0.1) is 6.92 Å². The summed E-state index contributed by atoms with van der Waals surface area (Å²) in [5, 5.41) is 6.80. The molecule has 0 saturated carbocycles. The number of carbonyl (C=O) groups excluding carboxylic acids is 1. The lowest BCUT2D eigenvalue weighted by Crippen LogP contribution is -2.23. The van der Waals surface area contributed by atoms with Crippen LogP contribution in [0.3, 0.4) is 0 Å². The lowest BCUT2D eigenvalue weighted by atomic mass is 10.1. The maximum Gasteiger partial charge on any atom is 0.255 e. The highest BCUT2D eigenvalue weighted by Crippen LogP contribution is 2.21. The number of nitrogens with one attached hydrogen (secondary N) is 1. The molecular weight excluding hydrogens is 258 g/mol. The van der Waals surface area contributed by atoms with E-state index in [9.17, 15) is 4.79 Å². The average Bonchev–Trinajstić information content (AvgIpc) is 2.81. The topological polar surface area (TPSA) is 97.3 Å².